The summed E-state index contributed by atoms with van der Waals surface area (Å²) < 4.78 is 1.16. The monoisotopic (exact) mass is 291 g/mol. The second-order valence-electron chi connectivity index (χ2n) is 5.36. The lowest BCUT2D eigenvalue weighted by molar-refractivity contribution is 0.425. The molecule has 0 spiro atoms. The summed E-state index contributed by atoms with van der Waals surface area (Å²) in [4.78, 5) is 0. The number of fused-ring (bicyclic) bond motifs is 1. The van der Waals surface area contributed by atoms with Gasteiger partial charge >= 0.3 is 0 Å². The van der Waals surface area contributed by atoms with Crippen molar-refractivity contribution in [2.45, 2.75) is 32.9 Å². The molecule has 0 aromatic heterocycles. The Hall–Kier alpha value is -0.860. The maximum Gasteiger partial charge on any atom is 0.0253 e. The fourth-order valence-corrected chi connectivity index (χ4v) is 2.32. The van der Waals surface area contributed by atoms with Crippen molar-refractivity contribution in [2.75, 3.05) is 0 Å². The maximum absolute atomic E-state index is 3.60. The number of nitrogens with one attached hydrogen (secondary N) is 1. The molecule has 2 heteroatoms. The van der Waals surface area contributed by atoms with E-state index >= 15 is 0 Å². The van der Waals surface area contributed by atoms with Crippen LogP contribution in [0.2, 0.25) is 0 Å². The summed E-state index contributed by atoms with van der Waals surface area (Å²) in [6.45, 7) is 7.47. The van der Waals surface area contributed by atoms with Crippen molar-refractivity contribution in [2.24, 2.45) is 0 Å². The molecule has 2 aromatic rings. The topological polar surface area (TPSA) is 12.0 Å². The molecule has 2 aromatic carbocycles. The van der Waals surface area contributed by atoms with E-state index in [1.165, 1.54) is 16.3 Å². The number of hydrogen-bond donors (Lipinski definition) is 1. The first-order valence-corrected chi connectivity index (χ1v) is 6.68. The molecule has 0 atom stereocenters. The second-order valence-corrected chi connectivity index (χ2v) is 6.21. The molecule has 0 aliphatic carbocycles. The summed E-state index contributed by atoms with van der Waals surface area (Å²) in [5, 5.41) is 6.13. The van der Waals surface area contributed by atoms with Gasteiger partial charge in [-0.1, -0.05) is 46.3 Å². The van der Waals surface area contributed by atoms with Gasteiger partial charge < -0.3 is 5.32 Å². The molecule has 0 bridgehead atoms. The van der Waals surface area contributed by atoms with E-state index in [-0.39, 0.29) is 5.54 Å². The molecule has 0 radical (unpaired) electrons. The maximum atomic E-state index is 3.60. The van der Waals surface area contributed by atoms with Crippen molar-refractivity contribution in [3.8, 4) is 0 Å². The second kappa shape index (κ2) is 4.79. The van der Waals surface area contributed by atoms with Crippen LogP contribution in [-0.2, 0) is 6.54 Å². The molecule has 0 heterocycles. The molecule has 2 rings (SSSR count). The highest BCUT2D eigenvalue weighted by molar-refractivity contribution is 9.10. The Bertz CT molecular complexity index is 526. The Morgan fingerprint density at radius 3 is 2.29 bits per heavy atom. The van der Waals surface area contributed by atoms with E-state index < -0.39 is 0 Å². The molecule has 90 valence electrons. The zero-order valence-electron chi connectivity index (χ0n) is 10.5. The third kappa shape index (κ3) is 3.08. The Morgan fingerprint density at radius 1 is 1.00 bits per heavy atom. The average Bonchev–Trinajstić information content (AvgIpc) is 2.27. The minimum absolute atomic E-state index is 0.147. The summed E-state index contributed by atoms with van der Waals surface area (Å²) in [5.74, 6) is 0. The summed E-state index contributed by atoms with van der Waals surface area (Å²) in [5.41, 5.74) is 1.49. The SMILES string of the molecule is CC(C)(C)NCc1ccc(Br)c2ccccc12. The molecule has 0 amide bonds. The molecule has 1 nitrogen and oxygen atoms in total. The molecule has 0 unspecified atom stereocenters. The van der Waals surface area contributed by atoms with Crippen LogP contribution in [0.3, 0.4) is 0 Å². The Balaban J connectivity index is 2.38. The van der Waals surface area contributed by atoms with Gasteiger partial charge in [-0.3, -0.25) is 0 Å². The van der Waals surface area contributed by atoms with Gasteiger partial charge in [-0.15, -0.1) is 0 Å². The van der Waals surface area contributed by atoms with E-state index in [9.17, 15) is 0 Å². The molecule has 17 heavy (non-hydrogen) atoms. The van der Waals surface area contributed by atoms with E-state index in [0.717, 1.165) is 11.0 Å². The first kappa shape index (κ1) is 12.6. The van der Waals surface area contributed by atoms with Gasteiger partial charge in [0.25, 0.3) is 0 Å². The van der Waals surface area contributed by atoms with Crippen LogP contribution < -0.4 is 5.32 Å². The number of halogens is 1. The first-order valence-electron chi connectivity index (χ1n) is 5.88. The van der Waals surface area contributed by atoms with Gasteiger partial charge in [-0.2, -0.15) is 0 Å². The normalized spacial score (nSPS) is 12.0. The standard InChI is InChI=1S/C15H18BrN/c1-15(2,3)17-10-11-8-9-14(16)13-7-5-4-6-12(11)13/h4-9,17H,10H2,1-3H3. The van der Waals surface area contributed by atoms with Gasteiger partial charge in [0.05, 0.1) is 0 Å². The van der Waals surface area contributed by atoms with Crippen molar-refractivity contribution >= 4 is 26.7 Å². The summed E-state index contributed by atoms with van der Waals surface area (Å²) in [6, 6.07) is 12.8. The van der Waals surface area contributed by atoms with Gasteiger partial charge in [-0.25, -0.2) is 0 Å². The summed E-state index contributed by atoms with van der Waals surface area (Å²) in [7, 11) is 0. The molecule has 0 saturated heterocycles. The van der Waals surface area contributed by atoms with E-state index in [4.69, 9.17) is 0 Å². The zero-order chi connectivity index (χ0) is 12.5. The Kier molecular flexibility index (Phi) is 3.55. The average molecular weight is 292 g/mol. The molecular weight excluding hydrogens is 274 g/mol. The smallest absolute Gasteiger partial charge is 0.0253 e. The van der Waals surface area contributed by atoms with Crippen LogP contribution in [0.15, 0.2) is 40.9 Å². The van der Waals surface area contributed by atoms with Crippen LogP contribution in [0.25, 0.3) is 10.8 Å². The molecule has 0 aliphatic heterocycles. The van der Waals surface area contributed by atoms with Crippen molar-refractivity contribution in [3.63, 3.8) is 0 Å². The van der Waals surface area contributed by atoms with Crippen LogP contribution in [0.4, 0.5) is 0 Å². The van der Waals surface area contributed by atoms with Crippen molar-refractivity contribution in [3.05, 3.63) is 46.4 Å². The molecule has 0 fully saturated rings. The van der Waals surface area contributed by atoms with Crippen LogP contribution in [0.1, 0.15) is 26.3 Å². The van der Waals surface area contributed by atoms with E-state index in [2.05, 4.69) is 78.4 Å². The van der Waals surface area contributed by atoms with Crippen molar-refractivity contribution in [1.29, 1.82) is 0 Å². The van der Waals surface area contributed by atoms with Gasteiger partial charge in [0.2, 0.25) is 0 Å². The molecule has 0 aliphatic rings. The third-order valence-corrected chi connectivity index (χ3v) is 3.46. The quantitative estimate of drug-likeness (QED) is 0.860. The minimum Gasteiger partial charge on any atom is -0.308 e. The van der Waals surface area contributed by atoms with Crippen molar-refractivity contribution < 1.29 is 0 Å². The highest BCUT2D eigenvalue weighted by Gasteiger charge is 2.10. The van der Waals surface area contributed by atoms with E-state index in [0.29, 0.717) is 0 Å². The van der Waals surface area contributed by atoms with Gasteiger partial charge in [0.1, 0.15) is 0 Å². The van der Waals surface area contributed by atoms with E-state index in [1.54, 1.807) is 0 Å². The fraction of sp³-hybridized carbons (Fsp3) is 0.333. The number of benzene rings is 2. The lowest BCUT2D eigenvalue weighted by Crippen LogP contribution is -2.35. The molecule has 0 saturated carbocycles. The van der Waals surface area contributed by atoms with Gasteiger partial charge in [0, 0.05) is 16.6 Å². The van der Waals surface area contributed by atoms with Gasteiger partial charge in [-0.05, 0) is 43.2 Å². The van der Waals surface area contributed by atoms with Crippen molar-refractivity contribution in [1.82, 2.24) is 5.32 Å². The fourth-order valence-electron chi connectivity index (χ4n) is 1.84. The predicted molar refractivity (Wildman–Crippen MR) is 78.2 cm³/mol. The molecule has 1 N–H and O–H groups in total. The highest BCUT2D eigenvalue weighted by Crippen LogP contribution is 2.26. The molecular formula is C15H18BrN. The lowest BCUT2D eigenvalue weighted by atomic mass is 10.0. The largest absolute Gasteiger partial charge is 0.308 e. The zero-order valence-corrected chi connectivity index (χ0v) is 12.1. The number of hydrogen-bond acceptors (Lipinski definition) is 1. The minimum atomic E-state index is 0.147. The first-order chi connectivity index (χ1) is 7.97. The van der Waals surface area contributed by atoms with Crippen LogP contribution in [0, 0.1) is 0 Å². The Morgan fingerprint density at radius 2 is 1.65 bits per heavy atom. The lowest BCUT2D eigenvalue weighted by Gasteiger charge is -2.21. The summed E-state index contributed by atoms with van der Waals surface area (Å²) >= 11 is 3.60. The highest BCUT2D eigenvalue weighted by atomic mass is 79.9. The number of rotatable bonds is 2. The predicted octanol–water partition coefficient (Wildman–Crippen LogP) is 4.49. The van der Waals surface area contributed by atoms with Gasteiger partial charge in [0.15, 0.2) is 0 Å². The van der Waals surface area contributed by atoms with E-state index in [1.807, 2.05) is 0 Å². The summed E-state index contributed by atoms with van der Waals surface area (Å²) in [6.07, 6.45) is 0. The van der Waals surface area contributed by atoms with Crippen LogP contribution in [0.5, 0.6) is 0 Å². The Labute approximate surface area is 111 Å². The van der Waals surface area contributed by atoms with Crippen LogP contribution in [-0.4, -0.2) is 5.54 Å². The third-order valence-electron chi connectivity index (χ3n) is 2.77. The van der Waals surface area contributed by atoms with Crippen LogP contribution >= 0.6 is 15.9 Å².